The summed E-state index contributed by atoms with van der Waals surface area (Å²) in [5.41, 5.74) is 5.66. The minimum Gasteiger partial charge on any atom is -0.272 e. The van der Waals surface area contributed by atoms with E-state index in [1.807, 2.05) is 66.1 Å². The van der Waals surface area contributed by atoms with Crippen LogP contribution >= 0.6 is 27.7 Å². The predicted octanol–water partition coefficient (Wildman–Crippen LogP) is 5.39. The Morgan fingerprint density at radius 3 is 2.64 bits per heavy atom. The van der Waals surface area contributed by atoms with Gasteiger partial charge >= 0.3 is 0 Å². The van der Waals surface area contributed by atoms with Crippen LogP contribution in [0.4, 0.5) is 4.39 Å². The molecule has 0 atom stereocenters. The second-order valence-electron chi connectivity index (χ2n) is 7.09. The summed E-state index contributed by atoms with van der Waals surface area (Å²) in [6.45, 7) is 2.03. The second-order valence-corrected chi connectivity index (χ2v) is 8.95. The highest BCUT2D eigenvalue weighted by Gasteiger charge is 2.17. The average Bonchev–Trinajstić information content (AvgIpc) is 3.25. The first-order chi connectivity index (χ1) is 16.0. The molecule has 1 heterocycles. The van der Waals surface area contributed by atoms with E-state index in [0.717, 1.165) is 21.3 Å². The van der Waals surface area contributed by atoms with Gasteiger partial charge in [-0.3, -0.25) is 9.36 Å². The first kappa shape index (κ1) is 22.9. The number of amides is 1. The van der Waals surface area contributed by atoms with E-state index >= 15 is 0 Å². The number of carbonyl (C=O) groups is 1. The lowest BCUT2D eigenvalue weighted by Crippen LogP contribution is -2.20. The number of carbonyl (C=O) groups excluding carboxylic acids is 1. The fourth-order valence-electron chi connectivity index (χ4n) is 3.01. The number of nitrogens with zero attached hydrogens (tertiary/aromatic N) is 4. The largest absolute Gasteiger partial charge is 0.272 e. The van der Waals surface area contributed by atoms with E-state index in [9.17, 15) is 9.18 Å². The Morgan fingerprint density at radius 2 is 1.88 bits per heavy atom. The van der Waals surface area contributed by atoms with Gasteiger partial charge in [0.2, 0.25) is 0 Å². The van der Waals surface area contributed by atoms with E-state index in [1.165, 1.54) is 24.0 Å². The normalized spacial score (nSPS) is 11.1. The Morgan fingerprint density at radius 1 is 1.12 bits per heavy atom. The third-order valence-electron chi connectivity index (χ3n) is 4.64. The molecule has 0 saturated heterocycles. The van der Waals surface area contributed by atoms with Gasteiger partial charge in [0.25, 0.3) is 5.91 Å². The second kappa shape index (κ2) is 10.5. The lowest BCUT2D eigenvalue weighted by molar-refractivity contribution is -0.118. The van der Waals surface area contributed by atoms with Crippen LogP contribution in [-0.4, -0.2) is 32.6 Å². The molecule has 0 aliphatic rings. The molecule has 0 bridgehead atoms. The smallest absolute Gasteiger partial charge is 0.250 e. The number of para-hydroxylation sites is 1. The maximum Gasteiger partial charge on any atom is 0.250 e. The third kappa shape index (κ3) is 5.74. The molecule has 0 fully saturated rings. The van der Waals surface area contributed by atoms with Gasteiger partial charge < -0.3 is 0 Å². The van der Waals surface area contributed by atoms with Gasteiger partial charge in [0.15, 0.2) is 11.0 Å². The van der Waals surface area contributed by atoms with Crippen LogP contribution in [0.1, 0.15) is 11.1 Å². The molecule has 0 saturated carbocycles. The summed E-state index contributed by atoms with van der Waals surface area (Å²) < 4.78 is 16.4. The fraction of sp³-hybridized carbons (Fsp3) is 0.0833. The van der Waals surface area contributed by atoms with Gasteiger partial charge in [-0.25, -0.2) is 9.82 Å². The van der Waals surface area contributed by atoms with E-state index in [0.29, 0.717) is 11.0 Å². The van der Waals surface area contributed by atoms with Crippen molar-refractivity contribution in [2.45, 2.75) is 12.1 Å². The number of benzene rings is 3. The van der Waals surface area contributed by atoms with Gasteiger partial charge in [0.1, 0.15) is 5.82 Å². The molecule has 9 heteroatoms. The summed E-state index contributed by atoms with van der Waals surface area (Å²) in [7, 11) is 0. The highest BCUT2D eigenvalue weighted by Crippen LogP contribution is 2.28. The number of hydrogen-bond acceptors (Lipinski definition) is 5. The molecule has 0 aliphatic carbocycles. The maximum atomic E-state index is 13.8. The minimum absolute atomic E-state index is 0.0666. The van der Waals surface area contributed by atoms with Gasteiger partial charge in [-0.1, -0.05) is 75.7 Å². The topological polar surface area (TPSA) is 72.2 Å². The van der Waals surface area contributed by atoms with Crippen molar-refractivity contribution in [1.29, 1.82) is 0 Å². The zero-order valence-corrected chi connectivity index (χ0v) is 20.0. The summed E-state index contributed by atoms with van der Waals surface area (Å²) in [6, 6.07) is 22.3. The van der Waals surface area contributed by atoms with Crippen LogP contribution in [-0.2, 0) is 4.79 Å². The van der Waals surface area contributed by atoms with Crippen molar-refractivity contribution in [3.63, 3.8) is 0 Å². The van der Waals surface area contributed by atoms with Crippen LogP contribution in [0.5, 0.6) is 0 Å². The lowest BCUT2D eigenvalue weighted by atomic mass is 10.1. The molecule has 0 spiro atoms. The number of rotatable bonds is 7. The number of aryl methyl sites for hydroxylation is 1. The van der Waals surface area contributed by atoms with Gasteiger partial charge in [0.05, 0.1) is 12.0 Å². The molecule has 0 aliphatic heterocycles. The number of thioether (sulfide) groups is 1. The van der Waals surface area contributed by atoms with Crippen LogP contribution in [0.2, 0.25) is 0 Å². The molecule has 3 aromatic carbocycles. The highest BCUT2D eigenvalue weighted by atomic mass is 79.9. The molecule has 4 aromatic rings. The van der Waals surface area contributed by atoms with E-state index < -0.39 is 5.82 Å². The standard InChI is InChI=1S/C24H19BrFN5OS/c1-16-7-9-17(10-8-16)23-29-30-24(31(23)20-5-3-2-4-6-20)33-15-22(32)28-27-14-18-13-19(25)11-12-21(18)26/h2-14H,15H2,1H3,(H,28,32)/b27-14-. The van der Waals surface area contributed by atoms with E-state index in [2.05, 4.69) is 36.7 Å². The fourth-order valence-corrected chi connectivity index (χ4v) is 4.14. The van der Waals surface area contributed by atoms with Crippen LogP contribution in [0.3, 0.4) is 0 Å². The SMILES string of the molecule is Cc1ccc(-c2nnc(SCC(=O)N/N=C\c3cc(Br)ccc3F)n2-c2ccccc2)cc1. The number of aromatic nitrogens is 3. The van der Waals surface area contributed by atoms with Crippen molar-refractivity contribution in [2.75, 3.05) is 5.75 Å². The zero-order valence-electron chi connectivity index (χ0n) is 17.6. The Kier molecular flexibility index (Phi) is 7.31. The molecule has 1 amide bonds. The van der Waals surface area contributed by atoms with Gasteiger partial charge in [-0.2, -0.15) is 5.10 Å². The van der Waals surface area contributed by atoms with Crippen molar-refractivity contribution in [3.8, 4) is 17.1 Å². The van der Waals surface area contributed by atoms with Crippen molar-refractivity contribution >= 4 is 39.8 Å². The first-order valence-corrected chi connectivity index (χ1v) is 11.8. The number of hydrogen-bond donors (Lipinski definition) is 1. The number of halogens is 2. The molecule has 166 valence electrons. The Bertz CT molecular complexity index is 1290. The third-order valence-corrected chi connectivity index (χ3v) is 6.06. The summed E-state index contributed by atoms with van der Waals surface area (Å²) >= 11 is 4.52. The van der Waals surface area contributed by atoms with Crippen LogP contribution in [0.15, 0.2) is 87.5 Å². The summed E-state index contributed by atoms with van der Waals surface area (Å²) in [5.74, 6) is -0.0134. The molecule has 0 radical (unpaired) electrons. The van der Waals surface area contributed by atoms with Crippen molar-refractivity contribution in [3.05, 3.63) is 94.2 Å². The Hall–Kier alpha value is -3.30. The Balaban J connectivity index is 1.50. The molecule has 0 unspecified atom stereocenters. The average molecular weight is 524 g/mol. The summed E-state index contributed by atoms with van der Waals surface area (Å²) in [5, 5.41) is 13.1. The maximum absolute atomic E-state index is 13.8. The summed E-state index contributed by atoms with van der Waals surface area (Å²) in [6.07, 6.45) is 1.27. The van der Waals surface area contributed by atoms with E-state index in [1.54, 1.807) is 12.1 Å². The molecule has 6 nitrogen and oxygen atoms in total. The van der Waals surface area contributed by atoms with Crippen LogP contribution in [0.25, 0.3) is 17.1 Å². The van der Waals surface area contributed by atoms with Crippen molar-refractivity contribution in [2.24, 2.45) is 5.10 Å². The van der Waals surface area contributed by atoms with E-state index in [4.69, 9.17) is 0 Å². The van der Waals surface area contributed by atoms with Crippen LogP contribution in [0, 0.1) is 12.7 Å². The zero-order chi connectivity index (χ0) is 23.2. The van der Waals surface area contributed by atoms with Crippen molar-refractivity contribution < 1.29 is 9.18 Å². The number of hydrazone groups is 1. The van der Waals surface area contributed by atoms with E-state index in [-0.39, 0.29) is 17.2 Å². The predicted molar refractivity (Wildman–Crippen MR) is 132 cm³/mol. The molecular weight excluding hydrogens is 505 g/mol. The quantitative estimate of drug-likeness (QED) is 0.200. The van der Waals surface area contributed by atoms with Crippen LogP contribution < -0.4 is 5.43 Å². The van der Waals surface area contributed by atoms with Crippen molar-refractivity contribution in [1.82, 2.24) is 20.2 Å². The molecule has 4 rings (SSSR count). The Labute approximate surface area is 203 Å². The molecule has 33 heavy (non-hydrogen) atoms. The van der Waals surface area contributed by atoms with Gasteiger partial charge in [-0.15, -0.1) is 10.2 Å². The minimum atomic E-state index is -0.426. The monoisotopic (exact) mass is 523 g/mol. The summed E-state index contributed by atoms with van der Waals surface area (Å²) in [4.78, 5) is 12.3. The van der Waals surface area contributed by atoms with Gasteiger partial charge in [0, 0.05) is 21.3 Å². The molecule has 1 N–H and O–H groups in total. The number of nitrogens with one attached hydrogen (secondary N) is 1. The molecule has 1 aromatic heterocycles. The van der Waals surface area contributed by atoms with Gasteiger partial charge in [-0.05, 0) is 37.3 Å². The first-order valence-electron chi connectivity index (χ1n) is 9.99. The molecular formula is C24H19BrFN5OS. The highest BCUT2D eigenvalue weighted by molar-refractivity contribution is 9.10. The lowest BCUT2D eigenvalue weighted by Gasteiger charge is -2.10.